The van der Waals surface area contributed by atoms with Crippen LogP contribution in [0.3, 0.4) is 0 Å². The SMILES string of the molecule is O=[SH](=O)OC1C2CCC(C2)C1O. The highest BCUT2D eigenvalue weighted by Crippen LogP contribution is 2.45. The highest BCUT2D eigenvalue weighted by atomic mass is 32.2. The molecule has 2 aliphatic rings. The van der Waals surface area contributed by atoms with Crippen molar-refractivity contribution in [1.82, 2.24) is 0 Å². The topological polar surface area (TPSA) is 63.6 Å². The molecule has 4 unspecified atom stereocenters. The van der Waals surface area contributed by atoms with Gasteiger partial charge >= 0.3 is 0 Å². The van der Waals surface area contributed by atoms with Gasteiger partial charge in [-0.25, -0.2) is 8.42 Å². The molecule has 0 amide bonds. The molecule has 2 fully saturated rings. The van der Waals surface area contributed by atoms with Crippen molar-refractivity contribution < 1.29 is 17.7 Å². The minimum Gasteiger partial charge on any atom is -0.390 e. The molecule has 0 heterocycles. The largest absolute Gasteiger partial charge is 0.390 e. The lowest BCUT2D eigenvalue weighted by Crippen LogP contribution is -2.34. The van der Waals surface area contributed by atoms with E-state index in [9.17, 15) is 13.5 Å². The Hall–Kier alpha value is -0.130. The van der Waals surface area contributed by atoms with Crippen LogP contribution in [0.4, 0.5) is 0 Å². The zero-order valence-electron chi connectivity index (χ0n) is 6.55. The molecule has 0 aromatic carbocycles. The number of hydrogen-bond donors (Lipinski definition) is 2. The summed E-state index contributed by atoms with van der Waals surface area (Å²) in [7, 11) is -2.81. The summed E-state index contributed by atoms with van der Waals surface area (Å²) in [5.41, 5.74) is 0. The van der Waals surface area contributed by atoms with E-state index in [0.717, 1.165) is 19.3 Å². The monoisotopic (exact) mass is 192 g/mol. The number of aliphatic hydroxyl groups excluding tert-OH is 1. The molecule has 0 aromatic heterocycles. The molecule has 0 radical (unpaired) electrons. The molecule has 12 heavy (non-hydrogen) atoms. The predicted molar refractivity (Wildman–Crippen MR) is 42.0 cm³/mol. The van der Waals surface area contributed by atoms with Crippen LogP contribution in [0.2, 0.25) is 0 Å². The Morgan fingerprint density at radius 3 is 2.42 bits per heavy atom. The van der Waals surface area contributed by atoms with E-state index in [1.807, 2.05) is 0 Å². The molecule has 1 N–H and O–H groups in total. The molecule has 4 atom stereocenters. The number of hydrogen-bond acceptors (Lipinski definition) is 4. The third kappa shape index (κ3) is 1.26. The minimum atomic E-state index is -2.81. The standard InChI is InChI=1S/C7H12O4S/c8-6-4-1-2-5(3-4)7(6)11-12(9)10/h4-8,12H,1-3H2. The normalized spacial score (nSPS) is 45.8. The van der Waals surface area contributed by atoms with Crippen molar-refractivity contribution in [3.05, 3.63) is 0 Å². The first-order chi connectivity index (χ1) is 5.68. The Morgan fingerprint density at radius 2 is 1.92 bits per heavy atom. The third-order valence-electron chi connectivity index (χ3n) is 3.01. The van der Waals surface area contributed by atoms with Crippen LogP contribution >= 0.6 is 0 Å². The van der Waals surface area contributed by atoms with E-state index in [1.165, 1.54) is 0 Å². The zero-order valence-corrected chi connectivity index (χ0v) is 7.44. The summed E-state index contributed by atoms with van der Waals surface area (Å²) in [6.07, 6.45) is 1.92. The van der Waals surface area contributed by atoms with Gasteiger partial charge in [0.05, 0.1) is 6.10 Å². The van der Waals surface area contributed by atoms with Crippen LogP contribution in [-0.4, -0.2) is 25.7 Å². The van der Waals surface area contributed by atoms with Crippen molar-refractivity contribution in [2.45, 2.75) is 31.5 Å². The summed E-state index contributed by atoms with van der Waals surface area (Å²) in [5, 5.41) is 9.54. The molecule has 70 valence electrons. The van der Waals surface area contributed by atoms with Gasteiger partial charge in [-0.2, -0.15) is 0 Å². The maximum Gasteiger partial charge on any atom is 0.257 e. The maximum atomic E-state index is 10.3. The molecular formula is C7H12O4S. The molecule has 2 rings (SSSR count). The first kappa shape index (κ1) is 8.47. The van der Waals surface area contributed by atoms with Gasteiger partial charge in [-0.1, -0.05) is 0 Å². The van der Waals surface area contributed by atoms with Crippen LogP contribution in [0.5, 0.6) is 0 Å². The molecule has 0 spiro atoms. The first-order valence-corrected chi connectivity index (χ1v) is 5.27. The van der Waals surface area contributed by atoms with Gasteiger partial charge in [0.15, 0.2) is 0 Å². The van der Waals surface area contributed by atoms with Crippen molar-refractivity contribution in [3.63, 3.8) is 0 Å². The molecule has 0 saturated heterocycles. The molecule has 2 aliphatic carbocycles. The highest BCUT2D eigenvalue weighted by Gasteiger charge is 2.48. The molecular weight excluding hydrogens is 180 g/mol. The average molecular weight is 192 g/mol. The Kier molecular flexibility index (Phi) is 2.10. The van der Waals surface area contributed by atoms with E-state index in [-0.39, 0.29) is 11.8 Å². The van der Waals surface area contributed by atoms with Crippen LogP contribution in [0.1, 0.15) is 19.3 Å². The molecule has 0 aliphatic heterocycles. The summed E-state index contributed by atoms with van der Waals surface area (Å²) >= 11 is 0. The Morgan fingerprint density at radius 1 is 1.25 bits per heavy atom. The summed E-state index contributed by atoms with van der Waals surface area (Å²) in [4.78, 5) is 0. The van der Waals surface area contributed by atoms with Crippen LogP contribution in [0, 0.1) is 11.8 Å². The summed E-state index contributed by atoms with van der Waals surface area (Å²) in [6.45, 7) is 0. The smallest absolute Gasteiger partial charge is 0.257 e. The van der Waals surface area contributed by atoms with E-state index < -0.39 is 23.2 Å². The summed E-state index contributed by atoms with van der Waals surface area (Å²) in [6, 6.07) is 0. The van der Waals surface area contributed by atoms with Gasteiger partial charge in [0.2, 0.25) is 0 Å². The van der Waals surface area contributed by atoms with E-state index in [4.69, 9.17) is 0 Å². The van der Waals surface area contributed by atoms with Crippen LogP contribution in [-0.2, 0) is 15.2 Å². The van der Waals surface area contributed by atoms with E-state index in [0.29, 0.717) is 0 Å². The summed E-state index contributed by atoms with van der Waals surface area (Å²) in [5.74, 6) is 0.535. The van der Waals surface area contributed by atoms with Gasteiger partial charge in [0.25, 0.3) is 11.0 Å². The third-order valence-corrected chi connectivity index (χ3v) is 3.42. The number of thiol groups is 1. The van der Waals surface area contributed by atoms with Crippen LogP contribution in [0.25, 0.3) is 0 Å². The van der Waals surface area contributed by atoms with Crippen LogP contribution in [0.15, 0.2) is 0 Å². The lowest BCUT2D eigenvalue weighted by Gasteiger charge is -2.24. The van der Waals surface area contributed by atoms with Gasteiger partial charge in [-0.05, 0) is 31.1 Å². The van der Waals surface area contributed by atoms with Gasteiger partial charge in [0, 0.05) is 0 Å². The van der Waals surface area contributed by atoms with Crippen molar-refractivity contribution in [3.8, 4) is 0 Å². The second-order valence-corrected chi connectivity index (χ2v) is 4.28. The van der Waals surface area contributed by atoms with Gasteiger partial charge < -0.3 is 5.11 Å². The van der Waals surface area contributed by atoms with Crippen LogP contribution < -0.4 is 0 Å². The van der Waals surface area contributed by atoms with Gasteiger partial charge in [0.1, 0.15) is 6.10 Å². The fraction of sp³-hybridized carbons (Fsp3) is 1.00. The lowest BCUT2D eigenvalue weighted by atomic mass is 9.95. The molecule has 2 saturated carbocycles. The van der Waals surface area contributed by atoms with Gasteiger partial charge in [-0.3, -0.25) is 4.18 Å². The zero-order chi connectivity index (χ0) is 8.72. The van der Waals surface area contributed by atoms with Crippen molar-refractivity contribution in [1.29, 1.82) is 0 Å². The predicted octanol–water partition coefficient (Wildman–Crippen LogP) is -0.311. The fourth-order valence-electron chi connectivity index (χ4n) is 2.46. The van der Waals surface area contributed by atoms with E-state index in [1.54, 1.807) is 0 Å². The molecule has 0 aromatic rings. The Labute approximate surface area is 72.7 Å². The second kappa shape index (κ2) is 2.97. The molecule has 4 nitrogen and oxygen atoms in total. The maximum absolute atomic E-state index is 10.3. The van der Waals surface area contributed by atoms with E-state index >= 15 is 0 Å². The average Bonchev–Trinajstić information content (AvgIpc) is 2.53. The van der Waals surface area contributed by atoms with Gasteiger partial charge in [-0.15, -0.1) is 0 Å². The Balaban J connectivity index is 2.07. The van der Waals surface area contributed by atoms with Crippen molar-refractivity contribution in [2.75, 3.05) is 0 Å². The quantitative estimate of drug-likeness (QED) is 0.589. The first-order valence-electron chi connectivity index (χ1n) is 4.17. The Bertz CT molecular complexity index is 240. The van der Waals surface area contributed by atoms with E-state index in [2.05, 4.69) is 4.18 Å². The minimum absolute atomic E-state index is 0.262. The fourth-order valence-corrected chi connectivity index (χ4v) is 2.95. The summed E-state index contributed by atoms with van der Waals surface area (Å²) < 4.78 is 25.2. The van der Waals surface area contributed by atoms with Crippen molar-refractivity contribution >= 4 is 11.0 Å². The number of fused-ring (bicyclic) bond motifs is 2. The van der Waals surface area contributed by atoms with Crippen molar-refractivity contribution in [2.24, 2.45) is 11.8 Å². The second-order valence-electron chi connectivity index (χ2n) is 3.62. The molecule has 5 heteroatoms. The lowest BCUT2D eigenvalue weighted by molar-refractivity contribution is 0.00538. The number of rotatable bonds is 2. The molecule has 2 bridgehead atoms. The highest BCUT2D eigenvalue weighted by molar-refractivity contribution is 7.67. The number of aliphatic hydroxyl groups is 1.